The van der Waals surface area contributed by atoms with Crippen molar-refractivity contribution in [2.75, 3.05) is 5.43 Å². The van der Waals surface area contributed by atoms with Crippen LogP contribution in [-0.4, -0.2) is 39.5 Å². The van der Waals surface area contributed by atoms with Crippen LogP contribution >= 0.6 is 0 Å². The van der Waals surface area contributed by atoms with E-state index in [1.807, 2.05) is 0 Å². The van der Waals surface area contributed by atoms with Gasteiger partial charge >= 0.3 is 12.1 Å². The lowest BCUT2D eigenvalue weighted by Crippen LogP contribution is -2.37. The maximum Gasteiger partial charge on any atom is 0.426 e. The van der Waals surface area contributed by atoms with Gasteiger partial charge in [0.1, 0.15) is 11.2 Å². The number of nitrogens with zero attached hydrogens (tertiary/aromatic N) is 2. The molecule has 1 aliphatic heterocycles. The monoisotopic (exact) mass is 350 g/mol. The molecular formula is C15H18N4O6. The second-order valence-electron chi connectivity index (χ2n) is 6.11. The Hall–Kier alpha value is -3.17. The highest BCUT2D eigenvalue weighted by Crippen LogP contribution is 2.17. The molecule has 134 valence electrons. The number of aromatic nitrogens is 1. The Bertz CT molecular complexity index is 696. The average molecular weight is 350 g/mol. The zero-order valence-corrected chi connectivity index (χ0v) is 14.0. The summed E-state index contributed by atoms with van der Waals surface area (Å²) < 4.78 is 5.04. The van der Waals surface area contributed by atoms with Gasteiger partial charge < -0.3 is 9.57 Å². The number of carbonyl (C=O) groups is 4. The van der Waals surface area contributed by atoms with Crippen LogP contribution in [0.4, 0.5) is 10.6 Å². The fourth-order valence-corrected chi connectivity index (χ4v) is 1.87. The molecule has 2 heterocycles. The number of rotatable bonds is 4. The van der Waals surface area contributed by atoms with Gasteiger partial charge in [-0.2, -0.15) is 0 Å². The molecule has 0 aliphatic carbocycles. The van der Waals surface area contributed by atoms with Crippen molar-refractivity contribution >= 4 is 29.7 Å². The molecule has 0 aromatic carbocycles. The summed E-state index contributed by atoms with van der Waals surface area (Å²) in [5.41, 5.74) is 3.89. The summed E-state index contributed by atoms with van der Waals surface area (Å²) in [5.74, 6) is -2.19. The lowest BCUT2D eigenvalue weighted by Gasteiger charge is -2.20. The minimum absolute atomic E-state index is 0.00946. The number of ether oxygens (including phenoxy) is 1. The van der Waals surface area contributed by atoms with Gasteiger partial charge in [0.15, 0.2) is 5.82 Å². The highest BCUT2D eigenvalue weighted by molar-refractivity contribution is 6.03. The van der Waals surface area contributed by atoms with E-state index in [1.54, 1.807) is 20.8 Å². The smallest absolute Gasteiger partial charge is 0.426 e. The van der Waals surface area contributed by atoms with Gasteiger partial charge in [0.2, 0.25) is 0 Å². The van der Waals surface area contributed by atoms with Gasteiger partial charge in [-0.1, -0.05) is 0 Å². The maximum atomic E-state index is 12.2. The fourth-order valence-electron chi connectivity index (χ4n) is 1.87. The Morgan fingerprint density at radius 2 is 1.84 bits per heavy atom. The van der Waals surface area contributed by atoms with Gasteiger partial charge in [0.05, 0.1) is 0 Å². The number of anilines is 1. The third-order valence-corrected chi connectivity index (χ3v) is 2.89. The average Bonchev–Trinajstić information content (AvgIpc) is 2.83. The van der Waals surface area contributed by atoms with Crippen LogP contribution in [0.3, 0.4) is 0 Å². The fraction of sp³-hybridized carbons (Fsp3) is 0.400. The van der Waals surface area contributed by atoms with E-state index in [0.717, 1.165) is 0 Å². The first kappa shape index (κ1) is 18.2. The lowest BCUT2D eigenvalue weighted by molar-refractivity contribution is -0.172. The molecule has 10 heteroatoms. The normalized spacial score (nSPS) is 14.3. The van der Waals surface area contributed by atoms with Crippen molar-refractivity contribution in [1.29, 1.82) is 0 Å². The molecule has 25 heavy (non-hydrogen) atoms. The van der Waals surface area contributed by atoms with E-state index >= 15 is 0 Å². The first-order valence-corrected chi connectivity index (χ1v) is 7.45. The summed E-state index contributed by atoms with van der Waals surface area (Å²) in [5, 5.41) is 0.431. The van der Waals surface area contributed by atoms with Gasteiger partial charge in [0, 0.05) is 19.0 Å². The highest BCUT2D eigenvalue weighted by Gasteiger charge is 2.33. The Morgan fingerprint density at radius 1 is 1.20 bits per heavy atom. The van der Waals surface area contributed by atoms with Gasteiger partial charge in [-0.3, -0.25) is 15.0 Å². The quantitative estimate of drug-likeness (QED) is 0.611. The second kappa shape index (κ2) is 7.16. The summed E-state index contributed by atoms with van der Waals surface area (Å²) in [4.78, 5) is 55.6. The number of hydrazine groups is 1. The Balaban J connectivity index is 2.04. The van der Waals surface area contributed by atoms with Crippen LogP contribution in [-0.2, 0) is 19.2 Å². The SMILES string of the molecule is CC(C)(C)OC(=O)NNc1ncccc1C(=O)ON1C(=O)CCC1=O. The van der Waals surface area contributed by atoms with Crippen LogP contribution < -0.4 is 10.9 Å². The van der Waals surface area contributed by atoms with E-state index in [0.29, 0.717) is 5.06 Å². The van der Waals surface area contributed by atoms with Crippen LogP contribution in [0.25, 0.3) is 0 Å². The van der Waals surface area contributed by atoms with E-state index in [2.05, 4.69) is 15.8 Å². The van der Waals surface area contributed by atoms with Crippen LogP contribution in [0.1, 0.15) is 44.0 Å². The molecule has 0 unspecified atom stereocenters. The first-order valence-electron chi connectivity index (χ1n) is 7.45. The molecule has 1 saturated heterocycles. The van der Waals surface area contributed by atoms with Gasteiger partial charge in [-0.05, 0) is 32.9 Å². The molecule has 2 N–H and O–H groups in total. The zero-order valence-electron chi connectivity index (χ0n) is 14.0. The van der Waals surface area contributed by atoms with E-state index in [-0.39, 0.29) is 24.2 Å². The van der Waals surface area contributed by atoms with Crippen molar-refractivity contribution in [1.82, 2.24) is 15.5 Å². The molecule has 0 atom stereocenters. The first-order chi connectivity index (χ1) is 11.7. The molecule has 2 rings (SSSR count). The molecule has 0 spiro atoms. The Labute approximate surface area is 143 Å². The molecule has 0 radical (unpaired) electrons. The molecule has 0 saturated carbocycles. The predicted octanol–water partition coefficient (Wildman–Crippen LogP) is 1.15. The van der Waals surface area contributed by atoms with Crippen LogP contribution in [0.5, 0.6) is 0 Å². The molecule has 0 bridgehead atoms. The number of hydroxylamine groups is 2. The van der Waals surface area contributed by atoms with E-state index in [1.165, 1.54) is 18.3 Å². The molecule has 1 aromatic heterocycles. The predicted molar refractivity (Wildman–Crippen MR) is 83.7 cm³/mol. The molecule has 3 amide bonds. The number of imide groups is 1. The van der Waals surface area contributed by atoms with Gasteiger partial charge in [0.25, 0.3) is 11.8 Å². The number of pyridine rings is 1. The molecule has 1 aromatic rings. The number of carbonyl (C=O) groups excluding carboxylic acids is 4. The highest BCUT2D eigenvalue weighted by atomic mass is 16.7. The van der Waals surface area contributed by atoms with E-state index in [9.17, 15) is 19.2 Å². The van der Waals surface area contributed by atoms with E-state index < -0.39 is 29.5 Å². The maximum absolute atomic E-state index is 12.2. The Morgan fingerprint density at radius 3 is 2.44 bits per heavy atom. The molecule has 1 aliphatic rings. The zero-order chi connectivity index (χ0) is 18.6. The summed E-state index contributed by atoms with van der Waals surface area (Å²) in [7, 11) is 0. The van der Waals surface area contributed by atoms with Crippen LogP contribution in [0, 0.1) is 0 Å². The van der Waals surface area contributed by atoms with Crippen molar-refractivity contribution in [2.24, 2.45) is 0 Å². The summed E-state index contributed by atoms with van der Waals surface area (Å²) in [6.45, 7) is 5.08. The van der Waals surface area contributed by atoms with Gasteiger partial charge in [-0.15, -0.1) is 5.06 Å². The third kappa shape index (κ3) is 4.90. The van der Waals surface area contributed by atoms with Crippen LogP contribution in [0.15, 0.2) is 18.3 Å². The standard InChI is InChI=1S/C15H18N4O6/c1-15(2,3)24-14(23)18-17-12-9(5-4-8-16-12)13(22)25-19-10(20)6-7-11(19)21/h4-5,8H,6-7H2,1-3H3,(H,16,17)(H,18,23). The lowest BCUT2D eigenvalue weighted by atomic mass is 10.2. The number of nitrogens with one attached hydrogen (secondary N) is 2. The van der Waals surface area contributed by atoms with Crippen molar-refractivity contribution in [3.05, 3.63) is 23.9 Å². The molecule has 1 fully saturated rings. The van der Waals surface area contributed by atoms with Gasteiger partial charge in [-0.25, -0.2) is 20.0 Å². The van der Waals surface area contributed by atoms with Crippen molar-refractivity contribution in [2.45, 2.75) is 39.2 Å². The Kier molecular flexibility index (Phi) is 5.20. The van der Waals surface area contributed by atoms with Crippen molar-refractivity contribution in [3.63, 3.8) is 0 Å². The largest absolute Gasteiger partial charge is 0.443 e. The third-order valence-electron chi connectivity index (χ3n) is 2.89. The topological polar surface area (TPSA) is 127 Å². The van der Waals surface area contributed by atoms with Crippen LogP contribution in [0.2, 0.25) is 0 Å². The number of hydrogen-bond donors (Lipinski definition) is 2. The van der Waals surface area contributed by atoms with Crippen molar-refractivity contribution in [3.8, 4) is 0 Å². The molecular weight excluding hydrogens is 332 g/mol. The minimum atomic E-state index is -0.967. The summed E-state index contributed by atoms with van der Waals surface area (Å²) in [6, 6.07) is 2.82. The second-order valence-corrected chi connectivity index (χ2v) is 6.11. The molecule has 10 nitrogen and oxygen atoms in total. The number of hydrogen-bond acceptors (Lipinski definition) is 8. The minimum Gasteiger partial charge on any atom is -0.443 e. The number of amides is 3. The van der Waals surface area contributed by atoms with Crippen molar-refractivity contribution < 1.29 is 28.8 Å². The van der Waals surface area contributed by atoms with E-state index in [4.69, 9.17) is 9.57 Å². The summed E-state index contributed by atoms with van der Waals surface area (Å²) in [6.07, 6.45) is 0.583. The summed E-state index contributed by atoms with van der Waals surface area (Å²) >= 11 is 0.